The molecule has 1 saturated carbocycles. The fourth-order valence-corrected chi connectivity index (χ4v) is 1.36. The van der Waals surface area contributed by atoms with E-state index in [1.165, 1.54) is 6.07 Å². The summed E-state index contributed by atoms with van der Waals surface area (Å²) < 4.78 is 10.1. The number of carbonyl (C=O) groups excluding carboxylic acids is 2. The maximum Gasteiger partial charge on any atom is 0.375 e. The van der Waals surface area contributed by atoms with Crippen molar-refractivity contribution in [3.8, 4) is 0 Å². The fraction of sp³-hybridized carbons (Fsp3) is 0.500. The molecule has 1 aromatic heterocycles. The largest absolute Gasteiger partial charge is 0.454 e. The number of hydrogen-bond acceptors (Lipinski definition) is 4. The van der Waals surface area contributed by atoms with E-state index < -0.39 is 12.1 Å². The summed E-state index contributed by atoms with van der Waals surface area (Å²) in [5, 5.41) is 2.77. The zero-order chi connectivity index (χ0) is 12.4. The van der Waals surface area contributed by atoms with E-state index in [0.29, 0.717) is 5.76 Å². The zero-order valence-electron chi connectivity index (χ0n) is 9.86. The maximum atomic E-state index is 11.6. The van der Waals surface area contributed by atoms with E-state index in [1.807, 2.05) is 0 Å². The van der Waals surface area contributed by atoms with Gasteiger partial charge in [0.05, 0.1) is 0 Å². The Labute approximate surface area is 99.1 Å². The molecular formula is C12H15NO4. The Morgan fingerprint density at radius 3 is 2.71 bits per heavy atom. The van der Waals surface area contributed by atoms with Crippen LogP contribution in [-0.2, 0) is 9.53 Å². The van der Waals surface area contributed by atoms with Gasteiger partial charge in [0.2, 0.25) is 5.76 Å². The van der Waals surface area contributed by atoms with Crippen molar-refractivity contribution < 1.29 is 18.7 Å². The van der Waals surface area contributed by atoms with Gasteiger partial charge in [-0.25, -0.2) is 4.79 Å². The molecular weight excluding hydrogens is 222 g/mol. The van der Waals surface area contributed by atoms with Crippen molar-refractivity contribution in [3.63, 3.8) is 0 Å². The van der Waals surface area contributed by atoms with E-state index in [1.54, 1.807) is 19.9 Å². The van der Waals surface area contributed by atoms with Gasteiger partial charge in [-0.1, -0.05) is 0 Å². The van der Waals surface area contributed by atoms with Gasteiger partial charge in [0.15, 0.2) is 6.10 Å². The van der Waals surface area contributed by atoms with Crippen LogP contribution in [0.2, 0.25) is 0 Å². The first-order valence-electron chi connectivity index (χ1n) is 5.64. The molecule has 1 atom stereocenters. The summed E-state index contributed by atoms with van der Waals surface area (Å²) in [6.45, 7) is 3.28. The summed E-state index contributed by atoms with van der Waals surface area (Å²) in [6.07, 6.45) is 1.21. The van der Waals surface area contributed by atoms with Crippen LogP contribution in [0.15, 0.2) is 16.5 Å². The van der Waals surface area contributed by atoms with Gasteiger partial charge >= 0.3 is 5.97 Å². The maximum absolute atomic E-state index is 11.6. The second-order valence-corrected chi connectivity index (χ2v) is 4.24. The third-order valence-electron chi connectivity index (χ3n) is 2.52. The van der Waals surface area contributed by atoms with Crippen LogP contribution in [0.1, 0.15) is 36.1 Å². The molecule has 0 aromatic carbocycles. The monoisotopic (exact) mass is 237 g/mol. The van der Waals surface area contributed by atoms with Crippen molar-refractivity contribution in [2.24, 2.45) is 0 Å². The van der Waals surface area contributed by atoms with Gasteiger partial charge in [-0.2, -0.15) is 0 Å². The molecule has 0 spiro atoms. The van der Waals surface area contributed by atoms with E-state index in [2.05, 4.69) is 5.32 Å². The highest BCUT2D eigenvalue weighted by molar-refractivity contribution is 5.90. The van der Waals surface area contributed by atoms with Crippen molar-refractivity contribution in [2.75, 3.05) is 0 Å². The van der Waals surface area contributed by atoms with Crippen LogP contribution < -0.4 is 5.32 Å². The molecule has 0 saturated heterocycles. The predicted octanol–water partition coefficient (Wildman–Crippen LogP) is 1.41. The summed E-state index contributed by atoms with van der Waals surface area (Å²) in [5.41, 5.74) is 0. The molecule has 0 bridgehead atoms. The van der Waals surface area contributed by atoms with E-state index in [-0.39, 0.29) is 17.7 Å². The highest BCUT2D eigenvalue weighted by Gasteiger charge is 2.27. The molecule has 1 aromatic rings. The minimum atomic E-state index is -0.798. The number of esters is 1. The number of ether oxygens (including phenoxy) is 1. The molecule has 1 N–H and O–H groups in total. The minimum absolute atomic E-state index is 0.119. The van der Waals surface area contributed by atoms with Crippen LogP contribution in [0, 0.1) is 6.92 Å². The quantitative estimate of drug-likeness (QED) is 0.804. The Bertz CT molecular complexity index is 433. The Kier molecular flexibility index (Phi) is 3.17. The molecule has 0 radical (unpaired) electrons. The van der Waals surface area contributed by atoms with E-state index in [4.69, 9.17) is 9.15 Å². The fourth-order valence-electron chi connectivity index (χ4n) is 1.36. The van der Waals surface area contributed by atoms with Gasteiger partial charge in [-0.3, -0.25) is 4.79 Å². The molecule has 5 heteroatoms. The Balaban J connectivity index is 1.86. The van der Waals surface area contributed by atoms with Gasteiger partial charge in [0.1, 0.15) is 5.76 Å². The molecule has 2 rings (SSSR count). The lowest BCUT2D eigenvalue weighted by Gasteiger charge is -2.11. The van der Waals surface area contributed by atoms with Crippen LogP contribution in [0.3, 0.4) is 0 Å². The van der Waals surface area contributed by atoms with E-state index in [0.717, 1.165) is 12.8 Å². The molecule has 1 unspecified atom stereocenters. The highest BCUT2D eigenvalue weighted by atomic mass is 16.6. The number of amides is 1. The van der Waals surface area contributed by atoms with E-state index in [9.17, 15) is 9.59 Å². The van der Waals surface area contributed by atoms with Gasteiger partial charge in [-0.05, 0) is 38.8 Å². The smallest absolute Gasteiger partial charge is 0.375 e. The van der Waals surface area contributed by atoms with Crippen molar-refractivity contribution in [2.45, 2.75) is 38.8 Å². The average Bonchev–Trinajstić information content (AvgIpc) is 2.97. The predicted molar refractivity (Wildman–Crippen MR) is 59.5 cm³/mol. The van der Waals surface area contributed by atoms with Crippen LogP contribution in [0.4, 0.5) is 0 Å². The topological polar surface area (TPSA) is 68.5 Å². The normalized spacial score (nSPS) is 16.4. The SMILES string of the molecule is Cc1ccc(C(=O)OC(C)C(=O)NC2CC2)o1. The van der Waals surface area contributed by atoms with Crippen molar-refractivity contribution in [3.05, 3.63) is 23.7 Å². The van der Waals surface area contributed by atoms with Crippen molar-refractivity contribution >= 4 is 11.9 Å². The van der Waals surface area contributed by atoms with Crippen LogP contribution >= 0.6 is 0 Å². The number of rotatable bonds is 4. The first-order valence-corrected chi connectivity index (χ1v) is 5.64. The number of aryl methyl sites for hydroxylation is 1. The molecule has 1 heterocycles. The number of furan rings is 1. The summed E-state index contributed by atoms with van der Waals surface area (Å²) in [4.78, 5) is 23.1. The summed E-state index contributed by atoms with van der Waals surface area (Å²) in [6, 6.07) is 3.46. The van der Waals surface area contributed by atoms with Gasteiger partial charge < -0.3 is 14.5 Å². The van der Waals surface area contributed by atoms with Crippen molar-refractivity contribution in [1.82, 2.24) is 5.32 Å². The summed E-state index contributed by atoms with van der Waals surface area (Å²) in [7, 11) is 0. The van der Waals surface area contributed by atoms with Crippen LogP contribution in [-0.4, -0.2) is 24.0 Å². The zero-order valence-corrected chi connectivity index (χ0v) is 9.86. The lowest BCUT2D eigenvalue weighted by atomic mass is 10.3. The molecule has 0 aliphatic heterocycles. The molecule has 1 aliphatic carbocycles. The highest BCUT2D eigenvalue weighted by Crippen LogP contribution is 2.19. The number of nitrogens with one attached hydrogen (secondary N) is 1. The lowest BCUT2D eigenvalue weighted by Crippen LogP contribution is -2.37. The Hall–Kier alpha value is -1.78. The van der Waals surface area contributed by atoms with Crippen LogP contribution in [0.25, 0.3) is 0 Å². The average molecular weight is 237 g/mol. The molecule has 1 fully saturated rings. The third kappa shape index (κ3) is 3.09. The second-order valence-electron chi connectivity index (χ2n) is 4.24. The molecule has 92 valence electrons. The molecule has 1 amide bonds. The Morgan fingerprint density at radius 2 is 2.18 bits per heavy atom. The van der Waals surface area contributed by atoms with Crippen molar-refractivity contribution in [1.29, 1.82) is 0 Å². The molecule has 17 heavy (non-hydrogen) atoms. The number of carbonyl (C=O) groups is 2. The van der Waals surface area contributed by atoms with E-state index >= 15 is 0 Å². The van der Waals surface area contributed by atoms with Gasteiger partial charge in [0.25, 0.3) is 5.91 Å². The van der Waals surface area contributed by atoms with Gasteiger partial charge in [0, 0.05) is 6.04 Å². The molecule has 5 nitrogen and oxygen atoms in total. The minimum Gasteiger partial charge on any atom is -0.454 e. The third-order valence-corrected chi connectivity index (χ3v) is 2.52. The lowest BCUT2D eigenvalue weighted by molar-refractivity contribution is -0.129. The summed E-state index contributed by atoms with van der Waals surface area (Å²) in [5.74, 6) is -0.124. The van der Waals surface area contributed by atoms with Gasteiger partial charge in [-0.15, -0.1) is 0 Å². The Morgan fingerprint density at radius 1 is 1.47 bits per heavy atom. The standard InChI is InChI=1S/C12H15NO4/c1-7-3-6-10(16-7)12(15)17-8(2)11(14)13-9-4-5-9/h3,6,8-9H,4-5H2,1-2H3,(H,13,14). The number of hydrogen-bond donors (Lipinski definition) is 1. The van der Waals surface area contributed by atoms with Crippen LogP contribution in [0.5, 0.6) is 0 Å². The summed E-state index contributed by atoms with van der Waals surface area (Å²) >= 11 is 0. The second kappa shape index (κ2) is 4.61. The first-order chi connectivity index (χ1) is 8.06. The first kappa shape index (κ1) is 11.7. The molecule has 1 aliphatic rings.